The van der Waals surface area contributed by atoms with Gasteiger partial charge >= 0.3 is 0 Å². The molecular weight excluding hydrogens is 553 g/mol. The van der Waals surface area contributed by atoms with Gasteiger partial charge in [0.2, 0.25) is 21.8 Å². The smallest absolute Gasteiger partial charge is 0.244 e. The molecule has 0 fully saturated rings. The van der Waals surface area contributed by atoms with E-state index >= 15 is 0 Å². The summed E-state index contributed by atoms with van der Waals surface area (Å²) in [4.78, 5) is 27.6. The van der Waals surface area contributed by atoms with Crippen LogP contribution in [0.1, 0.15) is 25.8 Å². The van der Waals surface area contributed by atoms with E-state index in [1.54, 1.807) is 56.3 Å². The average Bonchev–Trinajstić information content (AvgIpc) is 2.74. The van der Waals surface area contributed by atoms with E-state index in [1.807, 2.05) is 0 Å². The average molecular weight is 579 g/mol. The maximum atomic E-state index is 13.5. The number of hydrogen-bond acceptors (Lipinski definition) is 4. The maximum absolute atomic E-state index is 13.5. The van der Waals surface area contributed by atoms with E-state index in [0.29, 0.717) is 34.3 Å². The molecule has 180 valence electrons. The van der Waals surface area contributed by atoms with Gasteiger partial charge in [0, 0.05) is 33.2 Å². The summed E-state index contributed by atoms with van der Waals surface area (Å²) in [5.41, 5.74) is 0.808. The zero-order chi connectivity index (χ0) is 24.8. The summed E-state index contributed by atoms with van der Waals surface area (Å²) in [6.45, 7) is 3.40. The Balaban J connectivity index is 2.48. The molecule has 0 saturated heterocycles. The van der Waals surface area contributed by atoms with Gasteiger partial charge in [0.15, 0.2) is 0 Å². The first-order valence-electron chi connectivity index (χ1n) is 10.2. The summed E-state index contributed by atoms with van der Waals surface area (Å²) < 4.78 is 26.9. The fourth-order valence-electron chi connectivity index (χ4n) is 3.29. The summed E-state index contributed by atoms with van der Waals surface area (Å²) in [6.07, 6.45) is 1.34. The van der Waals surface area contributed by atoms with Crippen LogP contribution in [0.15, 0.2) is 46.9 Å². The zero-order valence-electron chi connectivity index (χ0n) is 18.5. The van der Waals surface area contributed by atoms with Gasteiger partial charge < -0.3 is 10.2 Å². The highest BCUT2D eigenvalue weighted by atomic mass is 79.9. The van der Waals surface area contributed by atoms with Crippen molar-refractivity contribution in [1.29, 1.82) is 0 Å². The van der Waals surface area contributed by atoms with Gasteiger partial charge in [-0.15, -0.1) is 0 Å². The van der Waals surface area contributed by atoms with Crippen molar-refractivity contribution < 1.29 is 18.0 Å². The number of nitrogens with zero attached hydrogens (tertiary/aromatic N) is 2. The number of rotatable bonds is 10. The Morgan fingerprint density at radius 3 is 2.12 bits per heavy atom. The SMILES string of the molecule is CCNC(=O)[C@H](CC)N(Cc1c(Cl)cccc1Cl)C(=O)CN(c1ccc(Br)cc1)S(C)(=O)=O. The van der Waals surface area contributed by atoms with Crippen molar-refractivity contribution in [2.45, 2.75) is 32.9 Å². The number of anilines is 1. The van der Waals surface area contributed by atoms with Crippen LogP contribution in [-0.4, -0.2) is 50.5 Å². The Labute approximate surface area is 213 Å². The Kier molecular flexibility index (Phi) is 10.0. The molecule has 0 bridgehead atoms. The van der Waals surface area contributed by atoms with Crippen LogP contribution in [0.3, 0.4) is 0 Å². The normalized spacial score (nSPS) is 12.2. The molecule has 11 heteroatoms. The van der Waals surface area contributed by atoms with Crippen LogP contribution in [0.5, 0.6) is 0 Å². The number of amides is 2. The highest BCUT2D eigenvalue weighted by Crippen LogP contribution is 2.28. The number of halogens is 3. The van der Waals surface area contributed by atoms with E-state index < -0.39 is 28.5 Å². The van der Waals surface area contributed by atoms with Crippen molar-refractivity contribution in [3.8, 4) is 0 Å². The number of hydrogen-bond donors (Lipinski definition) is 1. The molecule has 7 nitrogen and oxygen atoms in total. The number of carbonyl (C=O) groups excluding carboxylic acids is 2. The molecular formula is C22H26BrCl2N3O4S. The summed E-state index contributed by atoms with van der Waals surface area (Å²) in [5, 5.41) is 3.42. The minimum atomic E-state index is -3.79. The molecule has 0 saturated carbocycles. The molecule has 0 spiro atoms. The first kappa shape index (κ1) is 27.4. The largest absolute Gasteiger partial charge is 0.355 e. The predicted molar refractivity (Wildman–Crippen MR) is 136 cm³/mol. The van der Waals surface area contributed by atoms with E-state index in [9.17, 15) is 18.0 Å². The summed E-state index contributed by atoms with van der Waals surface area (Å²) in [7, 11) is -3.79. The van der Waals surface area contributed by atoms with Gasteiger partial charge in [0.1, 0.15) is 12.6 Å². The van der Waals surface area contributed by atoms with Gasteiger partial charge in [-0.3, -0.25) is 13.9 Å². The van der Waals surface area contributed by atoms with E-state index in [1.165, 1.54) is 4.90 Å². The van der Waals surface area contributed by atoms with Crippen LogP contribution >= 0.6 is 39.1 Å². The quantitative estimate of drug-likeness (QED) is 0.451. The van der Waals surface area contributed by atoms with Gasteiger partial charge in [-0.05, 0) is 49.7 Å². The Hall–Kier alpha value is -1.81. The first-order valence-corrected chi connectivity index (χ1v) is 13.6. The molecule has 2 amide bonds. The maximum Gasteiger partial charge on any atom is 0.244 e. The summed E-state index contributed by atoms with van der Waals surface area (Å²) in [6, 6.07) is 10.7. The molecule has 0 aromatic heterocycles. The van der Waals surface area contributed by atoms with Crippen LogP contribution < -0.4 is 9.62 Å². The van der Waals surface area contributed by atoms with Crippen LogP contribution in [0.4, 0.5) is 5.69 Å². The third-order valence-corrected chi connectivity index (χ3v) is 7.30. The lowest BCUT2D eigenvalue weighted by Gasteiger charge is -2.33. The molecule has 1 N–H and O–H groups in total. The Morgan fingerprint density at radius 2 is 1.64 bits per heavy atom. The van der Waals surface area contributed by atoms with Crippen molar-refractivity contribution >= 4 is 66.7 Å². The van der Waals surface area contributed by atoms with Crippen molar-refractivity contribution in [2.75, 3.05) is 23.7 Å². The summed E-state index contributed by atoms with van der Waals surface area (Å²) >= 11 is 16.0. The zero-order valence-corrected chi connectivity index (χ0v) is 22.4. The van der Waals surface area contributed by atoms with Crippen molar-refractivity contribution in [3.05, 3.63) is 62.5 Å². The number of benzene rings is 2. The highest BCUT2D eigenvalue weighted by Gasteiger charge is 2.32. The van der Waals surface area contributed by atoms with Crippen LogP contribution in [0.2, 0.25) is 10.0 Å². The fraction of sp³-hybridized carbons (Fsp3) is 0.364. The van der Waals surface area contributed by atoms with E-state index in [2.05, 4.69) is 21.2 Å². The minimum absolute atomic E-state index is 0.0507. The lowest BCUT2D eigenvalue weighted by Crippen LogP contribution is -2.52. The van der Waals surface area contributed by atoms with Crippen LogP contribution in [-0.2, 0) is 26.2 Å². The third kappa shape index (κ3) is 7.34. The Morgan fingerprint density at radius 1 is 1.06 bits per heavy atom. The monoisotopic (exact) mass is 577 g/mol. The second-order valence-corrected chi connectivity index (χ2v) is 10.9. The summed E-state index contributed by atoms with van der Waals surface area (Å²) in [5.74, 6) is -0.900. The lowest BCUT2D eigenvalue weighted by atomic mass is 10.1. The van der Waals surface area contributed by atoms with Crippen LogP contribution in [0, 0.1) is 0 Å². The van der Waals surface area contributed by atoms with E-state index in [0.717, 1.165) is 15.0 Å². The third-order valence-electron chi connectivity index (χ3n) is 4.92. The van der Waals surface area contributed by atoms with Crippen molar-refractivity contribution in [2.24, 2.45) is 0 Å². The molecule has 0 aliphatic rings. The molecule has 33 heavy (non-hydrogen) atoms. The minimum Gasteiger partial charge on any atom is -0.355 e. The van der Waals surface area contributed by atoms with Crippen molar-refractivity contribution in [1.82, 2.24) is 10.2 Å². The number of carbonyl (C=O) groups is 2. The molecule has 0 radical (unpaired) electrons. The molecule has 0 aliphatic heterocycles. The van der Waals surface area contributed by atoms with Crippen molar-refractivity contribution in [3.63, 3.8) is 0 Å². The van der Waals surface area contributed by atoms with E-state index in [-0.39, 0.29) is 12.5 Å². The molecule has 0 unspecified atom stereocenters. The highest BCUT2D eigenvalue weighted by molar-refractivity contribution is 9.10. The lowest BCUT2D eigenvalue weighted by molar-refractivity contribution is -0.140. The molecule has 1 atom stereocenters. The topological polar surface area (TPSA) is 86.8 Å². The number of sulfonamides is 1. The number of likely N-dealkylation sites (N-methyl/N-ethyl adjacent to an activating group) is 1. The molecule has 2 aromatic carbocycles. The molecule has 2 aromatic rings. The number of nitrogens with one attached hydrogen (secondary N) is 1. The Bertz CT molecular complexity index is 1080. The van der Waals surface area contributed by atoms with Gasteiger partial charge in [0.25, 0.3) is 0 Å². The van der Waals surface area contributed by atoms with Gasteiger partial charge in [-0.25, -0.2) is 8.42 Å². The second-order valence-electron chi connectivity index (χ2n) is 7.29. The molecule has 0 aliphatic carbocycles. The first-order chi connectivity index (χ1) is 15.5. The molecule has 2 rings (SSSR count). The second kappa shape index (κ2) is 12.1. The van der Waals surface area contributed by atoms with E-state index in [4.69, 9.17) is 23.2 Å². The van der Waals surface area contributed by atoms with Crippen LogP contribution in [0.25, 0.3) is 0 Å². The van der Waals surface area contributed by atoms with Gasteiger partial charge in [-0.1, -0.05) is 52.1 Å². The molecule has 0 heterocycles. The standard InChI is InChI=1S/C22H26BrCl2N3O4S/c1-4-20(22(30)26-5-2)27(13-17-18(24)7-6-8-19(17)25)21(29)14-28(33(3,31)32)16-11-9-15(23)10-12-16/h6-12,20H,4-5,13-14H2,1-3H3,(H,26,30)/t20-/m0/s1. The fourth-order valence-corrected chi connectivity index (χ4v) is 4.92. The van der Waals surface area contributed by atoms with Gasteiger partial charge in [0.05, 0.1) is 11.9 Å². The van der Waals surface area contributed by atoms with Gasteiger partial charge in [-0.2, -0.15) is 0 Å². The predicted octanol–water partition coefficient (Wildman–Crippen LogP) is 4.47.